The summed E-state index contributed by atoms with van der Waals surface area (Å²) in [7, 11) is 0. The number of nitrogens with two attached hydrogens (primary N) is 1. The predicted molar refractivity (Wildman–Crippen MR) is 120 cm³/mol. The van der Waals surface area contributed by atoms with Crippen LogP contribution in [0.2, 0.25) is 0 Å². The van der Waals surface area contributed by atoms with Gasteiger partial charge < -0.3 is 41.7 Å². The predicted octanol–water partition coefficient (Wildman–Crippen LogP) is -1.84. The molecule has 0 aliphatic carbocycles. The lowest BCUT2D eigenvalue weighted by molar-refractivity contribution is -0.149. The Hall–Kier alpha value is -3.71. The first-order chi connectivity index (χ1) is 16.5. The van der Waals surface area contributed by atoms with E-state index in [1.807, 2.05) is 0 Å². The second-order valence-electron chi connectivity index (χ2n) is 8.24. The topological polar surface area (TPSA) is 220 Å². The third-order valence-corrected chi connectivity index (χ3v) is 5.63. The molecule has 1 fully saturated rings. The second-order valence-corrected chi connectivity index (χ2v) is 8.24. The fraction of sp³-hybridized carbons (Fsp3) is 0.500. The number of rotatable bonds is 12. The summed E-state index contributed by atoms with van der Waals surface area (Å²) in [5, 5.41) is 41.8. The Morgan fingerprint density at radius 3 is 2.23 bits per heavy atom. The van der Waals surface area contributed by atoms with Crippen molar-refractivity contribution in [3.05, 3.63) is 29.8 Å². The van der Waals surface area contributed by atoms with Gasteiger partial charge in [0.2, 0.25) is 17.7 Å². The molecule has 8 N–H and O–H groups in total. The van der Waals surface area contributed by atoms with Gasteiger partial charge in [-0.2, -0.15) is 0 Å². The van der Waals surface area contributed by atoms with E-state index in [-0.39, 0.29) is 31.6 Å². The van der Waals surface area contributed by atoms with Crippen molar-refractivity contribution < 1.29 is 44.4 Å². The van der Waals surface area contributed by atoms with Gasteiger partial charge in [0.25, 0.3) is 0 Å². The molecule has 0 bridgehead atoms. The molecule has 13 nitrogen and oxygen atoms in total. The average Bonchev–Trinajstić information content (AvgIpc) is 3.31. The summed E-state index contributed by atoms with van der Waals surface area (Å²) in [6, 6.07) is 0.844. The summed E-state index contributed by atoms with van der Waals surface area (Å²) >= 11 is 0. The fourth-order valence-electron chi connectivity index (χ4n) is 3.73. The van der Waals surface area contributed by atoms with Crippen LogP contribution in [0, 0.1) is 0 Å². The van der Waals surface area contributed by atoms with Gasteiger partial charge in [-0.1, -0.05) is 12.1 Å². The molecule has 1 aromatic carbocycles. The van der Waals surface area contributed by atoms with Crippen LogP contribution in [0.5, 0.6) is 5.75 Å². The van der Waals surface area contributed by atoms with E-state index >= 15 is 0 Å². The maximum atomic E-state index is 13.3. The normalized spacial score (nSPS) is 17.8. The van der Waals surface area contributed by atoms with E-state index < -0.39 is 66.9 Å². The van der Waals surface area contributed by atoms with Crippen LogP contribution in [-0.4, -0.2) is 92.3 Å². The highest BCUT2D eigenvalue weighted by Gasteiger charge is 2.38. The van der Waals surface area contributed by atoms with Gasteiger partial charge in [0, 0.05) is 19.4 Å². The van der Waals surface area contributed by atoms with Gasteiger partial charge in [0.1, 0.15) is 29.9 Å². The zero-order valence-corrected chi connectivity index (χ0v) is 18.9. The zero-order valence-electron chi connectivity index (χ0n) is 18.9. The second kappa shape index (κ2) is 12.7. The minimum atomic E-state index is -1.37. The van der Waals surface area contributed by atoms with Crippen molar-refractivity contribution in [1.29, 1.82) is 0 Å². The number of carbonyl (C=O) groups is 5. The van der Waals surface area contributed by atoms with E-state index in [9.17, 15) is 34.2 Å². The van der Waals surface area contributed by atoms with Crippen LogP contribution in [0.25, 0.3) is 0 Å². The molecule has 0 spiro atoms. The largest absolute Gasteiger partial charge is 0.508 e. The number of aliphatic carboxylic acids is 2. The highest BCUT2D eigenvalue weighted by atomic mass is 16.4. The minimum absolute atomic E-state index is 0.0113. The Morgan fingerprint density at radius 2 is 1.66 bits per heavy atom. The molecular weight excluding hydrogens is 464 g/mol. The van der Waals surface area contributed by atoms with Crippen molar-refractivity contribution >= 4 is 29.7 Å². The van der Waals surface area contributed by atoms with Crippen LogP contribution in [0.3, 0.4) is 0 Å². The average molecular weight is 495 g/mol. The molecule has 1 aliphatic rings. The van der Waals surface area contributed by atoms with Gasteiger partial charge in [-0.3, -0.25) is 19.2 Å². The quantitative estimate of drug-likeness (QED) is 0.172. The number of hydrogen-bond donors (Lipinski definition) is 7. The van der Waals surface area contributed by atoms with Crippen molar-refractivity contribution in [2.45, 2.75) is 56.3 Å². The number of benzene rings is 1. The Kier molecular flexibility index (Phi) is 9.97. The molecule has 2 rings (SSSR count). The Morgan fingerprint density at radius 1 is 1.03 bits per heavy atom. The molecule has 1 aromatic rings. The number of aliphatic hydroxyl groups excluding tert-OH is 1. The Bertz CT molecular complexity index is 937. The monoisotopic (exact) mass is 494 g/mol. The maximum absolute atomic E-state index is 13.3. The number of nitrogens with one attached hydrogen (secondary N) is 2. The molecular formula is C22H30N4O9. The Balaban J connectivity index is 2.28. The maximum Gasteiger partial charge on any atom is 0.326 e. The standard InChI is InChI=1S/C22H30N4O9/c23-14(11-27)19(31)24-15(7-8-18(29)30)20(32)25-16(10-12-3-5-13(28)6-4-12)21(33)26-9-1-2-17(26)22(34)35/h3-6,14-17,27-28H,1-2,7-11,23H2,(H,24,31)(H,25,32)(H,29,30)(H,34,35). The fourth-order valence-corrected chi connectivity index (χ4v) is 3.73. The van der Waals surface area contributed by atoms with E-state index in [1.54, 1.807) is 0 Å². The number of aliphatic hydroxyl groups is 1. The van der Waals surface area contributed by atoms with Crippen molar-refractivity contribution in [1.82, 2.24) is 15.5 Å². The number of likely N-dealkylation sites (tertiary alicyclic amines) is 1. The summed E-state index contributed by atoms with van der Waals surface area (Å²) in [6.07, 6.45) is -0.108. The van der Waals surface area contributed by atoms with Crippen LogP contribution in [-0.2, 0) is 30.4 Å². The number of carboxylic acid groups (broad SMARTS) is 2. The molecule has 4 unspecified atom stereocenters. The number of aromatic hydroxyl groups is 1. The van der Waals surface area contributed by atoms with Crippen molar-refractivity contribution in [2.24, 2.45) is 5.73 Å². The van der Waals surface area contributed by atoms with Crippen LogP contribution in [0.15, 0.2) is 24.3 Å². The highest BCUT2D eigenvalue weighted by molar-refractivity contribution is 5.94. The summed E-state index contributed by atoms with van der Waals surface area (Å²) < 4.78 is 0. The molecule has 35 heavy (non-hydrogen) atoms. The van der Waals surface area contributed by atoms with E-state index in [1.165, 1.54) is 29.2 Å². The summed E-state index contributed by atoms with van der Waals surface area (Å²) in [5.41, 5.74) is 6.02. The van der Waals surface area contributed by atoms with Gasteiger partial charge in [-0.25, -0.2) is 4.79 Å². The van der Waals surface area contributed by atoms with Crippen LogP contribution in [0.4, 0.5) is 0 Å². The lowest BCUT2D eigenvalue weighted by Crippen LogP contribution is -2.58. The molecule has 3 amide bonds. The molecule has 192 valence electrons. The smallest absolute Gasteiger partial charge is 0.326 e. The first-order valence-corrected chi connectivity index (χ1v) is 11.0. The Labute approximate surface area is 200 Å². The first-order valence-electron chi connectivity index (χ1n) is 11.0. The van der Waals surface area contributed by atoms with E-state index in [2.05, 4.69) is 10.6 Å². The molecule has 0 aromatic heterocycles. The lowest BCUT2D eigenvalue weighted by atomic mass is 10.0. The number of phenols is 1. The SMILES string of the molecule is NC(CO)C(=O)NC(CCC(=O)O)C(=O)NC(Cc1ccc(O)cc1)C(=O)N1CCCC1C(=O)O. The molecule has 4 atom stereocenters. The molecule has 1 heterocycles. The molecule has 13 heteroatoms. The van der Waals surface area contributed by atoms with Gasteiger partial charge in [0.15, 0.2) is 0 Å². The van der Waals surface area contributed by atoms with Crippen molar-refractivity contribution in [3.8, 4) is 5.75 Å². The van der Waals surface area contributed by atoms with Gasteiger partial charge in [-0.05, 0) is 37.0 Å². The molecule has 1 saturated heterocycles. The summed E-state index contributed by atoms with van der Waals surface area (Å²) in [5.74, 6) is -4.80. The summed E-state index contributed by atoms with van der Waals surface area (Å²) in [6.45, 7) is -0.519. The third kappa shape index (κ3) is 7.93. The van der Waals surface area contributed by atoms with Gasteiger partial charge in [-0.15, -0.1) is 0 Å². The number of nitrogens with zero attached hydrogens (tertiary/aromatic N) is 1. The minimum Gasteiger partial charge on any atom is -0.508 e. The van der Waals surface area contributed by atoms with Gasteiger partial charge >= 0.3 is 11.9 Å². The van der Waals surface area contributed by atoms with Crippen LogP contribution >= 0.6 is 0 Å². The number of carbonyl (C=O) groups excluding carboxylic acids is 3. The molecule has 0 radical (unpaired) electrons. The lowest BCUT2D eigenvalue weighted by Gasteiger charge is -2.29. The van der Waals surface area contributed by atoms with E-state index in [0.29, 0.717) is 12.0 Å². The van der Waals surface area contributed by atoms with Gasteiger partial charge in [0.05, 0.1) is 6.61 Å². The number of carboxylic acids is 2. The highest BCUT2D eigenvalue weighted by Crippen LogP contribution is 2.20. The number of phenolic OH excluding ortho intramolecular Hbond substituents is 1. The number of amides is 3. The van der Waals surface area contributed by atoms with Crippen LogP contribution < -0.4 is 16.4 Å². The molecule has 0 saturated carbocycles. The van der Waals surface area contributed by atoms with E-state index in [4.69, 9.17) is 15.9 Å². The first kappa shape index (κ1) is 27.5. The molecule has 1 aliphatic heterocycles. The zero-order chi connectivity index (χ0) is 26.1. The summed E-state index contributed by atoms with van der Waals surface area (Å²) in [4.78, 5) is 62.2. The number of hydrogen-bond acceptors (Lipinski definition) is 8. The van der Waals surface area contributed by atoms with E-state index in [0.717, 1.165) is 0 Å². The third-order valence-electron chi connectivity index (χ3n) is 5.63. The van der Waals surface area contributed by atoms with Crippen LogP contribution in [0.1, 0.15) is 31.2 Å². The van der Waals surface area contributed by atoms with Crippen molar-refractivity contribution in [3.63, 3.8) is 0 Å². The van der Waals surface area contributed by atoms with Crippen molar-refractivity contribution in [2.75, 3.05) is 13.2 Å².